The maximum Gasteiger partial charge on any atom is 0.166 e. The van der Waals surface area contributed by atoms with Crippen LogP contribution in [0.3, 0.4) is 0 Å². The zero-order chi connectivity index (χ0) is 12.6. The summed E-state index contributed by atoms with van der Waals surface area (Å²) >= 11 is 0. The van der Waals surface area contributed by atoms with Gasteiger partial charge in [0.05, 0.1) is 5.60 Å². The van der Waals surface area contributed by atoms with Gasteiger partial charge in [0.25, 0.3) is 0 Å². The first-order valence-electron chi connectivity index (χ1n) is 7.02. The van der Waals surface area contributed by atoms with E-state index in [1.807, 2.05) is 30.3 Å². The molecule has 0 amide bonds. The number of hydrogen-bond donors (Lipinski definition) is 1. The van der Waals surface area contributed by atoms with E-state index in [1.165, 1.54) is 0 Å². The molecular weight excluding hydrogens is 224 g/mol. The number of aliphatic hydroxyl groups is 1. The van der Waals surface area contributed by atoms with Crippen LogP contribution in [0.5, 0.6) is 0 Å². The van der Waals surface area contributed by atoms with Gasteiger partial charge in [0.15, 0.2) is 5.78 Å². The lowest BCUT2D eigenvalue weighted by Gasteiger charge is -2.36. The van der Waals surface area contributed by atoms with Crippen molar-refractivity contribution < 1.29 is 9.90 Å². The minimum Gasteiger partial charge on any atom is -0.390 e. The van der Waals surface area contributed by atoms with Crippen molar-refractivity contribution in [2.45, 2.75) is 44.1 Å². The van der Waals surface area contributed by atoms with E-state index in [2.05, 4.69) is 0 Å². The summed E-state index contributed by atoms with van der Waals surface area (Å²) in [5.74, 6) is 0.468. The Morgan fingerprint density at radius 2 is 1.89 bits per heavy atom. The molecule has 2 saturated carbocycles. The molecule has 2 nitrogen and oxygen atoms in total. The van der Waals surface area contributed by atoms with E-state index in [-0.39, 0.29) is 17.6 Å². The van der Waals surface area contributed by atoms with E-state index in [0.29, 0.717) is 0 Å². The van der Waals surface area contributed by atoms with Crippen molar-refractivity contribution in [3.8, 4) is 0 Å². The lowest BCUT2D eigenvalue weighted by Crippen LogP contribution is -2.39. The van der Waals surface area contributed by atoms with E-state index in [0.717, 1.165) is 44.1 Å². The van der Waals surface area contributed by atoms with Gasteiger partial charge in [-0.1, -0.05) is 43.2 Å². The second-order valence-electron chi connectivity index (χ2n) is 5.83. The molecule has 0 unspecified atom stereocenters. The Balaban J connectivity index is 1.83. The average molecular weight is 244 g/mol. The highest BCUT2D eigenvalue weighted by molar-refractivity contribution is 5.98. The number of rotatable bonds is 2. The summed E-state index contributed by atoms with van der Waals surface area (Å²) in [4.78, 5) is 12.5. The van der Waals surface area contributed by atoms with Crippen LogP contribution in [0.2, 0.25) is 0 Å². The van der Waals surface area contributed by atoms with Crippen LogP contribution in [-0.2, 0) is 0 Å². The first-order chi connectivity index (χ1) is 8.71. The maximum atomic E-state index is 12.5. The van der Waals surface area contributed by atoms with Gasteiger partial charge in [-0.15, -0.1) is 0 Å². The van der Waals surface area contributed by atoms with Crippen molar-refractivity contribution in [3.05, 3.63) is 35.9 Å². The van der Waals surface area contributed by atoms with Gasteiger partial charge in [0, 0.05) is 11.5 Å². The van der Waals surface area contributed by atoms with Gasteiger partial charge in [-0.3, -0.25) is 4.79 Å². The molecule has 1 aromatic carbocycles. The van der Waals surface area contributed by atoms with Crippen LogP contribution < -0.4 is 0 Å². The van der Waals surface area contributed by atoms with Crippen LogP contribution in [0.15, 0.2) is 30.3 Å². The molecule has 2 fully saturated rings. The number of hydrogen-bond acceptors (Lipinski definition) is 2. The maximum absolute atomic E-state index is 12.5. The predicted octanol–water partition coefficient (Wildman–Crippen LogP) is 3.20. The van der Waals surface area contributed by atoms with Crippen LogP contribution in [0, 0.1) is 11.8 Å². The minimum atomic E-state index is -0.548. The second kappa shape index (κ2) is 4.51. The molecule has 0 saturated heterocycles. The molecule has 0 radical (unpaired) electrons. The molecule has 2 aliphatic carbocycles. The number of Topliss-reactive ketones (excluding diaryl/α,β-unsaturated/α-hetero) is 1. The van der Waals surface area contributed by atoms with Gasteiger partial charge in [0.1, 0.15) is 0 Å². The Labute approximate surface area is 108 Å². The van der Waals surface area contributed by atoms with Gasteiger partial charge in [-0.2, -0.15) is 0 Å². The third kappa shape index (κ3) is 1.89. The van der Waals surface area contributed by atoms with Crippen LogP contribution in [0.25, 0.3) is 0 Å². The number of carbonyl (C=O) groups is 1. The normalized spacial score (nSPS) is 35.2. The molecule has 2 heteroatoms. The molecule has 2 aliphatic rings. The lowest BCUT2D eigenvalue weighted by molar-refractivity contribution is -0.0349. The molecule has 0 spiro atoms. The minimum absolute atomic E-state index is 0.0395. The standard InChI is InChI=1S/C16H20O2/c17-15(12-6-2-1-3-7-12)13-9-11-16(18)10-5-4-8-14(13)16/h1-3,6-7,13-14,18H,4-5,8-11H2/t13-,14+,16+/m0/s1. The van der Waals surface area contributed by atoms with Crippen LogP contribution in [-0.4, -0.2) is 16.5 Å². The van der Waals surface area contributed by atoms with Crippen molar-refractivity contribution in [1.82, 2.24) is 0 Å². The highest BCUT2D eigenvalue weighted by Gasteiger charge is 2.50. The molecule has 3 atom stereocenters. The Morgan fingerprint density at radius 3 is 2.67 bits per heavy atom. The molecule has 0 bridgehead atoms. The SMILES string of the molecule is O=C(c1ccccc1)[C@H]1CC[C@]2(O)CCCC[C@H]12. The summed E-state index contributed by atoms with van der Waals surface area (Å²) in [6.07, 6.45) is 5.83. The summed E-state index contributed by atoms with van der Waals surface area (Å²) in [6.45, 7) is 0. The fourth-order valence-electron chi connectivity index (χ4n) is 3.87. The van der Waals surface area contributed by atoms with Crippen LogP contribution in [0.1, 0.15) is 48.9 Å². The Hall–Kier alpha value is -1.15. The first kappa shape index (κ1) is 11.9. The van der Waals surface area contributed by atoms with Gasteiger partial charge in [0.2, 0.25) is 0 Å². The predicted molar refractivity (Wildman–Crippen MR) is 70.4 cm³/mol. The molecule has 0 aliphatic heterocycles. The molecule has 1 aromatic rings. The highest BCUT2D eigenvalue weighted by atomic mass is 16.3. The topological polar surface area (TPSA) is 37.3 Å². The van der Waals surface area contributed by atoms with E-state index in [4.69, 9.17) is 0 Å². The molecule has 0 heterocycles. The Bertz CT molecular complexity index is 440. The van der Waals surface area contributed by atoms with E-state index >= 15 is 0 Å². The monoisotopic (exact) mass is 244 g/mol. The van der Waals surface area contributed by atoms with Gasteiger partial charge < -0.3 is 5.11 Å². The second-order valence-corrected chi connectivity index (χ2v) is 5.83. The van der Waals surface area contributed by atoms with Crippen LogP contribution >= 0.6 is 0 Å². The summed E-state index contributed by atoms with van der Waals surface area (Å²) in [5.41, 5.74) is 0.255. The van der Waals surface area contributed by atoms with Gasteiger partial charge >= 0.3 is 0 Å². The number of benzene rings is 1. The molecule has 0 aromatic heterocycles. The molecule has 3 rings (SSSR count). The Morgan fingerprint density at radius 1 is 1.11 bits per heavy atom. The number of fused-ring (bicyclic) bond motifs is 1. The van der Waals surface area contributed by atoms with Crippen molar-refractivity contribution in [3.63, 3.8) is 0 Å². The number of carbonyl (C=O) groups excluding carboxylic acids is 1. The molecular formula is C16H20O2. The number of ketones is 1. The third-order valence-electron chi connectivity index (χ3n) is 4.83. The van der Waals surface area contributed by atoms with Crippen molar-refractivity contribution in [1.29, 1.82) is 0 Å². The largest absolute Gasteiger partial charge is 0.390 e. The summed E-state index contributed by atoms with van der Waals surface area (Å²) < 4.78 is 0. The van der Waals surface area contributed by atoms with Crippen molar-refractivity contribution in [2.75, 3.05) is 0 Å². The lowest BCUT2D eigenvalue weighted by atomic mass is 9.73. The third-order valence-corrected chi connectivity index (χ3v) is 4.83. The summed E-state index contributed by atoms with van der Waals surface area (Å²) in [6, 6.07) is 9.54. The van der Waals surface area contributed by atoms with Crippen molar-refractivity contribution in [2.24, 2.45) is 11.8 Å². The Kier molecular flexibility index (Phi) is 2.98. The smallest absolute Gasteiger partial charge is 0.166 e. The van der Waals surface area contributed by atoms with Gasteiger partial charge in [-0.05, 0) is 31.6 Å². The fraction of sp³-hybridized carbons (Fsp3) is 0.562. The van der Waals surface area contributed by atoms with E-state index in [1.54, 1.807) is 0 Å². The van der Waals surface area contributed by atoms with Crippen molar-refractivity contribution >= 4 is 5.78 Å². The average Bonchev–Trinajstić information content (AvgIpc) is 2.76. The molecule has 1 N–H and O–H groups in total. The van der Waals surface area contributed by atoms with E-state index < -0.39 is 5.60 Å². The highest BCUT2D eigenvalue weighted by Crippen LogP contribution is 2.49. The van der Waals surface area contributed by atoms with E-state index in [9.17, 15) is 9.90 Å². The summed E-state index contributed by atoms with van der Waals surface area (Å²) in [7, 11) is 0. The summed E-state index contributed by atoms with van der Waals surface area (Å²) in [5, 5.41) is 10.6. The molecule has 96 valence electrons. The zero-order valence-corrected chi connectivity index (χ0v) is 10.6. The quantitative estimate of drug-likeness (QED) is 0.811. The fourth-order valence-corrected chi connectivity index (χ4v) is 3.87. The zero-order valence-electron chi connectivity index (χ0n) is 10.6. The first-order valence-corrected chi connectivity index (χ1v) is 7.02. The van der Waals surface area contributed by atoms with Crippen LogP contribution in [0.4, 0.5) is 0 Å². The van der Waals surface area contributed by atoms with Gasteiger partial charge in [-0.25, -0.2) is 0 Å². The molecule has 18 heavy (non-hydrogen) atoms.